The molecule has 1 aromatic rings. The Kier molecular flexibility index (Phi) is 6.47. The monoisotopic (exact) mass is 292 g/mol. The highest BCUT2D eigenvalue weighted by Gasteiger charge is 2.17. The standard InChI is InChI=1S/C14H16N2O3S/c1-4-19-14(17)10(9-15)13(20-3)16-11-7-5-6-8-12(11)18-2/h5-8,16H,4H2,1-3H3/b13-10+. The second kappa shape index (κ2) is 8.12. The number of thioether (sulfide) groups is 1. The molecule has 106 valence electrons. The first-order valence-corrected chi connectivity index (χ1v) is 7.15. The zero-order chi connectivity index (χ0) is 15.0. The average Bonchev–Trinajstić information content (AvgIpc) is 2.47. The van der Waals surface area contributed by atoms with Crippen LogP contribution in [0.3, 0.4) is 0 Å². The van der Waals surface area contributed by atoms with Crippen molar-refractivity contribution in [2.45, 2.75) is 6.92 Å². The fourth-order valence-corrected chi connectivity index (χ4v) is 2.02. The van der Waals surface area contributed by atoms with Crippen molar-refractivity contribution >= 4 is 23.4 Å². The van der Waals surface area contributed by atoms with E-state index < -0.39 is 5.97 Å². The lowest BCUT2D eigenvalue weighted by Crippen LogP contribution is -2.11. The van der Waals surface area contributed by atoms with Crippen LogP contribution in [-0.4, -0.2) is 25.9 Å². The number of anilines is 1. The predicted octanol–water partition coefficient (Wildman–Crippen LogP) is 2.77. The number of ether oxygens (including phenoxy) is 2. The summed E-state index contributed by atoms with van der Waals surface area (Å²) in [6.07, 6.45) is 1.77. The van der Waals surface area contributed by atoms with Crippen LogP contribution >= 0.6 is 11.8 Å². The molecule has 6 heteroatoms. The van der Waals surface area contributed by atoms with E-state index in [2.05, 4.69) is 5.32 Å². The number of para-hydroxylation sites is 2. The van der Waals surface area contributed by atoms with Gasteiger partial charge in [0.15, 0.2) is 5.57 Å². The normalized spacial score (nSPS) is 11.1. The molecule has 0 saturated carbocycles. The fraction of sp³-hybridized carbons (Fsp3) is 0.286. The van der Waals surface area contributed by atoms with Crippen LogP contribution in [0.5, 0.6) is 5.75 Å². The summed E-state index contributed by atoms with van der Waals surface area (Å²) < 4.78 is 10.1. The van der Waals surface area contributed by atoms with Crippen molar-refractivity contribution in [3.8, 4) is 11.8 Å². The van der Waals surface area contributed by atoms with Crippen molar-refractivity contribution in [1.82, 2.24) is 0 Å². The Bertz CT molecular complexity index is 550. The molecule has 1 N–H and O–H groups in total. The molecule has 1 aromatic carbocycles. The van der Waals surface area contributed by atoms with Gasteiger partial charge < -0.3 is 14.8 Å². The zero-order valence-corrected chi connectivity index (χ0v) is 12.4. The van der Waals surface area contributed by atoms with Crippen molar-refractivity contribution in [1.29, 1.82) is 5.26 Å². The molecule has 1 rings (SSSR count). The number of benzene rings is 1. The van der Waals surface area contributed by atoms with E-state index in [1.54, 1.807) is 32.4 Å². The van der Waals surface area contributed by atoms with Gasteiger partial charge in [-0.05, 0) is 25.3 Å². The second-order valence-electron chi connectivity index (χ2n) is 3.57. The third-order valence-electron chi connectivity index (χ3n) is 2.38. The van der Waals surface area contributed by atoms with E-state index in [0.717, 1.165) is 0 Å². The summed E-state index contributed by atoms with van der Waals surface area (Å²) in [6.45, 7) is 1.92. The van der Waals surface area contributed by atoms with Crippen LogP contribution in [0.2, 0.25) is 0 Å². The number of rotatable bonds is 6. The van der Waals surface area contributed by atoms with E-state index >= 15 is 0 Å². The molecule has 0 fully saturated rings. The van der Waals surface area contributed by atoms with Crippen LogP contribution in [0.4, 0.5) is 5.69 Å². The molecule has 20 heavy (non-hydrogen) atoms. The minimum atomic E-state index is -0.637. The number of esters is 1. The number of nitrogens with zero attached hydrogens (tertiary/aromatic N) is 1. The molecule has 0 saturated heterocycles. The Labute approximate surface area is 122 Å². The van der Waals surface area contributed by atoms with E-state index in [1.807, 2.05) is 18.2 Å². The molecule has 0 aliphatic rings. The lowest BCUT2D eigenvalue weighted by molar-refractivity contribution is -0.138. The van der Waals surface area contributed by atoms with Crippen LogP contribution < -0.4 is 10.1 Å². The van der Waals surface area contributed by atoms with Crippen LogP contribution in [0.1, 0.15) is 6.92 Å². The molecule has 0 spiro atoms. The van der Waals surface area contributed by atoms with Crippen molar-refractivity contribution < 1.29 is 14.3 Å². The number of hydrogen-bond acceptors (Lipinski definition) is 6. The van der Waals surface area contributed by atoms with Gasteiger partial charge in [-0.25, -0.2) is 4.79 Å². The topological polar surface area (TPSA) is 71.4 Å². The van der Waals surface area contributed by atoms with Crippen molar-refractivity contribution in [2.75, 3.05) is 25.3 Å². The van der Waals surface area contributed by atoms with Gasteiger partial charge in [0.05, 0.1) is 24.4 Å². The Morgan fingerprint density at radius 3 is 2.70 bits per heavy atom. The molecule has 0 amide bonds. The third-order valence-corrected chi connectivity index (χ3v) is 3.09. The highest BCUT2D eigenvalue weighted by atomic mass is 32.2. The average molecular weight is 292 g/mol. The van der Waals surface area contributed by atoms with Gasteiger partial charge in [0.1, 0.15) is 11.8 Å². The minimum Gasteiger partial charge on any atom is -0.495 e. The van der Waals surface area contributed by atoms with Gasteiger partial charge in [-0.1, -0.05) is 12.1 Å². The summed E-state index contributed by atoms with van der Waals surface area (Å²) in [6, 6.07) is 9.13. The zero-order valence-electron chi connectivity index (χ0n) is 11.6. The van der Waals surface area contributed by atoms with Gasteiger partial charge in [0.25, 0.3) is 0 Å². The van der Waals surface area contributed by atoms with E-state index in [9.17, 15) is 4.79 Å². The maximum atomic E-state index is 11.7. The summed E-state index contributed by atoms with van der Waals surface area (Å²) in [4.78, 5) is 11.7. The summed E-state index contributed by atoms with van der Waals surface area (Å²) in [7, 11) is 1.56. The summed E-state index contributed by atoms with van der Waals surface area (Å²) in [5, 5.41) is 12.6. The number of carbonyl (C=O) groups excluding carboxylic acids is 1. The smallest absolute Gasteiger partial charge is 0.351 e. The molecule has 0 radical (unpaired) electrons. The van der Waals surface area contributed by atoms with Crippen LogP contribution in [0.15, 0.2) is 34.9 Å². The number of methoxy groups -OCH3 is 1. The number of carbonyl (C=O) groups is 1. The van der Waals surface area contributed by atoms with E-state index in [0.29, 0.717) is 16.5 Å². The molecule has 0 atom stereocenters. The Balaban J connectivity index is 3.12. The second-order valence-corrected chi connectivity index (χ2v) is 4.38. The summed E-state index contributed by atoms with van der Waals surface area (Å²) >= 11 is 1.26. The van der Waals surface area contributed by atoms with Gasteiger partial charge in [-0.15, -0.1) is 11.8 Å². The SMILES string of the molecule is CCOC(=O)/C(C#N)=C(\Nc1ccccc1OC)SC. The first kappa shape index (κ1) is 15.9. The third kappa shape index (κ3) is 3.93. The predicted molar refractivity (Wildman–Crippen MR) is 79.4 cm³/mol. The van der Waals surface area contributed by atoms with Crippen molar-refractivity contribution in [3.05, 3.63) is 34.9 Å². The quantitative estimate of drug-likeness (QED) is 0.494. The van der Waals surface area contributed by atoms with Gasteiger partial charge in [0, 0.05) is 0 Å². The molecule has 0 aliphatic heterocycles. The van der Waals surface area contributed by atoms with Crippen LogP contribution in [-0.2, 0) is 9.53 Å². The molecule has 5 nitrogen and oxygen atoms in total. The minimum absolute atomic E-state index is 0.0507. The van der Waals surface area contributed by atoms with E-state index in [-0.39, 0.29) is 12.2 Å². The van der Waals surface area contributed by atoms with Gasteiger partial charge in [-0.3, -0.25) is 0 Å². The highest BCUT2D eigenvalue weighted by Crippen LogP contribution is 2.28. The number of nitrogens with one attached hydrogen (secondary N) is 1. The number of hydrogen-bond donors (Lipinski definition) is 1. The fourth-order valence-electron chi connectivity index (χ4n) is 1.48. The van der Waals surface area contributed by atoms with Gasteiger partial charge in [-0.2, -0.15) is 5.26 Å². The van der Waals surface area contributed by atoms with E-state index in [4.69, 9.17) is 14.7 Å². The Hall–Kier alpha value is -2.13. The maximum Gasteiger partial charge on any atom is 0.351 e. The highest BCUT2D eigenvalue weighted by molar-refractivity contribution is 8.02. The molecule has 0 bridgehead atoms. The molecule has 0 aromatic heterocycles. The van der Waals surface area contributed by atoms with Crippen molar-refractivity contribution in [3.63, 3.8) is 0 Å². The van der Waals surface area contributed by atoms with Crippen LogP contribution in [0.25, 0.3) is 0 Å². The first-order valence-electron chi connectivity index (χ1n) is 5.93. The largest absolute Gasteiger partial charge is 0.495 e. The Morgan fingerprint density at radius 2 is 2.15 bits per heavy atom. The van der Waals surface area contributed by atoms with Crippen LogP contribution in [0, 0.1) is 11.3 Å². The lowest BCUT2D eigenvalue weighted by atomic mass is 10.2. The summed E-state index contributed by atoms with van der Waals surface area (Å²) in [5.74, 6) is -0.0121. The van der Waals surface area contributed by atoms with Gasteiger partial charge >= 0.3 is 5.97 Å². The molecule has 0 aliphatic carbocycles. The Morgan fingerprint density at radius 1 is 1.45 bits per heavy atom. The first-order chi connectivity index (χ1) is 9.67. The van der Waals surface area contributed by atoms with E-state index in [1.165, 1.54) is 11.8 Å². The molecular formula is C14H16N2O3S. The molecule has 0 heterocycles. The molecular weight excluding hydrogens is 276 g/mol. The maximum absolute atomic E-state index is 11.7. The number of nitriles is 1. The summed E-state index contributed by atoms with van der Waals surface area (Å²) in [5.41, 5.74) is 0.627. The van der Waals surface area contributed by atoms with Gasteiger partial charge in [0.2, 0.25) is 0 Å². The lowest BCUT2D eigenvalue weighted by Gasteiger charge is -2.13. The van der Waals surface area contributed by atoms with Crippen molar-refractivity contribution in [2.24, 2.45) is 0 Å². The molecule has 0 unspecified atom stereocenters.